The number of hydrogen-bond acceptors (Lipinski definition) is 3. The van der Waals surface area contributed by atoms with Gasteiger partial charge in [0.1, 0.15) is 12.4 Å². The lowest BCUT2D eigenvalue weighted by molar-refractivity contribution is -0.145. The van der Waals surface area contributed by atoms with Crippen molar-refractivity contribution in [3.8, 4) is 0 Å². The molecule has 0 heterocycles. The van der Waals surface area contributed by atoms with Gasteiger partial charge in [-0.3, -0.25) is 9.59 Å². The van der Waals surface area contributed by atoms with E-state index in [-0.39, 0.29) is 29.3 Å². The Labute approximate surface area is 96.5 Å². The fourth-order valence-corrected chi connectivity index (χ4v) is 3.67. The first-order valence-corrected chi connectivity index (χ1v) is 5.98. The number of Topliss-reactive ketones (excluding diaryl/α,β-unsaturated/α-hetero) is 1. The van der Waals surface area contributed by atoms with E-state index in [1.165, 1.54) is 6.92 Å². The molecule has 0 spiro atoms. The number of hydrogen-bond donors (Lipinski definition) is 0. The topological polar surface area (TPSA) is 43.4 Å². The van der Waals surface area contributed by atoms with E-state index in [4.69, 9.17) is 4.74 Å². The third-order valence-electron chi connectivity index (χ3n) is 5.14. The van der Waals surface area contributed by atoms with Crippen LogP contribution in [0.2, 0.25) is 0 Å². The van der Waals surface area contributed by atoms with Gasteiger partial charge in [-0.05, 0) is 24.2 Å². The second kappa shape index (κ2) is 3.31. The van der Waals surface area contributed by atoms with E-state index in [0.29, 0.717) is 11.7 Å². The van der Waals surface area contributed by atoms with Gasteiger partial charge >= 0.3 is 5.97 Å². The summed E-state index contributed by atoms with van der Waals surface area (Å²) in [5.74, 6) is 0.315. The van der Waals surface area contributed by atoms with Crippen molar-refractivity contribution < 1.29 is 14.3 Å². The lowest BCUT2D eigenvalue weighted by atomic mass is 9.70. The van der Waals surface area contributed by atoms with Crippen molar-refractivity contribution >= 4 is 11.8 Å². The maximum atomic E-state index is 12.3. The van der Waals surface area contributed by atoms with Crippen LogP contribution in [0.1, 0.15) is 40.5 Å². The first-order chi connectivity index (χ1) is 7.30. The molecule has 16 heavy (non-hydrogen) atoms. The van der Waals surface area contributed by atoms with Crippen LogP contribution in [-0.4, -0.2) is 18.4 Å². The maximum absolute atomic E-state index is 12.3. The highest BCUT2D eigenvalue weighted by molar-refractivity contribution is 5.91. The van der Waals surface area contributed by atoms with Gasteiger partial charge < -0.3 is 4.74 Å². The van der Waals surface area contributed by atoms with E-state index in [9.17, 15) is 9.59 Å². The number of fused-ring (bicyclic) bond motifs is 2. The van der Waals surface area contributed by atoms with E-state index in [1.54, 1.807) is 0 Å². The summed E-state index contributed by atoms with van der Waals surface area (Å²) in [5.41, 5.74) is -0.155. The summed E-state index contributed by atoms with van der Waals surface area (Å²) in [7, 11) is 0. The van der Waals surface area contributed by atoms with E-state index in [0.717, 1.165) is 12.8 Å². The molecule has 0 saturated heterocycles. The molecule has 3 atom stereocenters. The number of carbonyl (C=O) groups excluding carboxylic acids is 2. The molecule has 0 aromatic heterocycles. The van der Waals surface area contributed by atoms with Crippen LogP contribution in [0, 0.1) is 22.7 Å². The van der Waals surface area contributed by atoms with Gasteiger partial charge in [-0.25, -0.2) is 0 Å². The summed E-state index contributed by atoms with van der Waals surface area (Å²) in [4.78, 5) is 23.1. The van der Waals surface area contributed by atoms with Crippen LogP contribution in [0.25, 0.3) is 0 Å². The van der Waals surface area contributed by atoms with Gasteiger partial charge in [0.05, 0.1) is 5.92 Å². The molecule has 0 unspecified atom stereocenters. The Morgan fingerprint density at radius 1 is 1.44 bits per heavy atom. The molecule has 0 aromatic carbocycles. The molecule has 2 saturated carbocycles. The predicted molar refractivity (Wildman–Crippen MR) is 59.7 cm³/mol. The van der Waals surface area contributed by atoms with Crippen LogP contribution >= 0.6 is 0 Å². The Kier molecular flexibility index (Phi) is 2.41. The van der Waals surface area contributed by atoms with E-state index in [2.05, 4.69) is 20.8 Å². The molecule has 3 nitrogen and oxygen atoms in total. The molecule has 2 bridgehead atoms. The van der Waals surface area contributed by atoms with E-state index >= 15 is 0 Å². The first-order valence-electron chi connectivity index (χ1n) is 5.98. The van der Waals surface area contributed by atoms with Crippen molar-refractivity contribution in [3.05, 3.63) is 0 Å². The Hall–Kier alpha value is -0.860. The monoisotopic (exact) mass is 224 g/mol. The number of rotatable bonds is 2. The fourth-order valence-electron chi connectivity index (χ4n) is 3.67. The standard InChI is InChI=1S/C13H20O3/c1-8(14)16-7-9-10-5-6-13(4,11(9)15)12(10,2)3/h9-10H,5-7H2,1-4H3/t9-,10-,13+/m1/s1. The lowest BCUT2D eigenvalue weighted by Gasteiger charge is -2.32. The zero-order valence-corrected chi connectivity index (χ0v) is 10.5. The molecular weight excluding hydrogens is 204 g/mol. The van der Waals surface area contributed by atoms with Crippen molar-refractivity contribution in [2.75, 3.05) is 6.61 Å². The minimum absolute atomic E-state index is 0.0505. The highest BCUT2D eigenvalue weighted by Crippen LogP contribution is 2.65. The van der Waals surface area contributed by atoms with Gasteiger partial charge in [-0.1, -0.05) is 20.8 Å². The molecule has 90 valence electrons. The van der Waals surface area contributed by atoms with Crippen molar-refractivity contribution in [1.82, 2.24) is 0 Å². The molecule has 2 fully saturated rings. The molecule has 2 rings (SSSR count). The summed E-state index contributed by atoms with van der Waals surface area (Å²) in [5, 5.41) is 0. The van der Waals surface area contributed by atoms with Gasteiger partial charge in [0.2, 0.25) is 0 Å². The average molecular weight is 224 g/mol. The van der Waals surface area contributed by atoms with Crippen molar-refractivity contribution in [2.24, 2.45) is 22.7 Å². The van der Waals surface area contributed by atoms with Crippen LogP contribution in [0.4, 0.5) is 0 Å². The molecule has 0 amide bonds. The maximum Gasteiger partial charge on any atom is 0.302 e. The Morgan fingerprint density at radius 2 is 2.06 bits per heavy atom. The quantitative estimate of drug-likeness (QED) is 0.675. The van der Waals surface area contributed by atoms with Crippen LogP contribution in [0.5, 0.6) is 0 Å². The van der Waals surface area contributed by atoms with Gasteiger partial charge in [0.15, 0.2) is 0 Å². The second-order valence-corrected chi connectivity index (χ2v) is 5.97. The van der Waals surface area contributed by atoms with Gasteiger partial charge in [-0.2, -0.15) is 0 Å². The normalized spacial score (nSPS) is 40.1. The van der Waals surface area contributed by atoms with E-state index < -0.39 is 0 Å². The summed E-state index contributed by atoms with van der Waals surface area (Å²) in [6, 6.07) is 0. The molecule has 0 radical (unpaired) electrons. The molecular formula is C13H20O3. The molecule has 0 aliphatic heterocycles. The summed E-state index contributed by atoms with van der Waals surface area (Å²) < 4.78 is 5.03. The molecule has 2 aliphatic rings. The Morgan fingerprint density at radius 3 is 2.50 bits per heavy atom. The van der Waals surface area contributed by atoms with Crippen LogP contribution in [-0.2, 0) is 14.3 Å². The van der Waals surface area contributed by atoms with Crippen molar-refractivity contribution in [3.63, 3.8) is 0 Å². The van der Waals surface area contributed by atoms with E-state index in [1.807, 2.05) is 0 Å². The minimum atomic E-state index is -0.293. The molecule has 2 aliphatic carbocycles. The average Bonchev–Trinajstić information content (AvgIpc) is 2.47. The molecule has 3 heteroatoms. The molecule has 0 N–H and O–H groups in total. The zero-order valence-electron chi connectivity index (χ0n) is 10.5. The van der Waals surface area contributed by atoms with Crippen molar-refractivity contribution in [2.45, 2.75) is 40.5 Å². The lowest BCUT2D eigenvalue weighted by Crippen LogP contribution is -2.34. The zero-order chi connectivity index (χ0) is 12.1. The largest absolute Gasteiger partial charge is 0.465 e. The molecule has 0 aromatic rings. The van der Waals surface area contributed by atoms with Gasteiger partial charge in [-0.15, -0.1) is 0 Å². The smallest absolute Gasteiger partial charge is 0.302 e. The predicted octanol–water partition coefficient (Wildman–Crippen LogP) is 2.19. The number of ketones is 1. The summed E-state index contributed by atoms with van der Waals surface area (Å²) in [6.07, 6.45) is 2.07. The summed E-state index contributed by atoms with van der Waals surface area (Å²) in [6.45, 7) is 8.10. The second-order valence-electron chi connectivity index (χ2n) is 5.97. The third-order valence-corrected chi connectivity index (χ3v) is 5.14. The van der Waals surface area contributed by atoms with Crippen molar-refractivity contribution in [1.29, 1.82) is 0 Å². The van der Waals surface area contributed by atoms with Crippen LogP contribution < -0.4 is 0 Å². The van der Waals surface area contributed by atoms with Crippen LogP contribution in [0.3, 0.4) is 0 Å². The number of esters is 1. The number of ether oxygens (including phenoxy) is 1. The van der Waals surface area contributed by atoms with Gasteiger partial charge in [0, 0.05) is 12.3 Å². The highest BCUT2D eigenvalue weighted by Gasteiger charge is 2.66. The Bertz CT molecular complexity index is 345. The Balaban J connectivity index is 2.20. The SMILES string of the molecule is CC(=O)OC[C@H]1C(=O)[C@]2(C)CC[C@H]1C2(C)C. The number of carbonyl (C=O) groups is 2. The third kappa shape index (κ3) is 1.26. The van der Waals surface area contributed by atoms with Crippen LogP contribution in [0.15, 0.2) is 0 Å². The minimum Gasteiger partial charge on any atom is -0.465 e. The van der Waals surface area contributed by atoms with Gasteiger partial charge in [0.25, 0.3) is 0 Å². The summed E-state index contributed by atoms with van der Waals surface area (Å²) >= 11 is 0. The fraction of sp³-hybridized carbons (Fsp3) is 0.846. The first kappa shape index (κ1) is 11.6. The highest BCUT2D eigenvalue weighted by atomic mass is 16.5.